The molecule has 2 aliphatic carbocycles. The van der Waals surface area contributed by atoms with Gasteiger partial charge in [-0.1, -0.05) is 71.8 Å². The molecule has 0 aliphatic heterocycles. The second-order valence-electron chi connectivity index (χ2n) is 6.72. The fourth-order valence-electron chi connectivity index (χ4n) is 4.20. The van der Waals surface area contributed by atoms with Crippen LogP contribution in [0.4, 0.5) is 0 Å². The van der Waals surface area contributed by atoms with Crippen molar-refractivity contribution >= 4 is 12.2 Å². The van der Waals surface area contributed by atoms with Crippen molar-refractivity contribution in [1.82, 2.24) is 0 Å². The Bertz CT molecular complexity index is 729. The van der Waals surface area contributed by atoms with E-state index in [9.17, 15) is 0 Å². The second-order valence-corrected chi connectivity index (χ2v) is 6.72. The van der Waals surface area contributed by atoms with E-state index in [1.807, 2.05) is 0 Å². The van der Waals surface area contributed by atoms with Gasteiger partial charge in [0, 0.05) is 11.8 Å². The van der Waals surface area contributed by atoms with Crippen LogP contribution in [0.25, 0.3) is 12.2 Å². The molecule has 114 valence electrons. The van der Waals surface area contributed by atoms with Crippen molar-refractivity contribution in [3.05, 3.63) is 81.9 Å². The van der Waals surface area contributed by atoms with Crippen LogP contribution in [0.2, 0.25) is 0 Å². The van der Waals surface area contributed by atoms with E-state index in [1.54, 1.807) is 0 Å². The van der Waals surface area contributed by atoms with Crippen LogP contribution in [0.15, 0.2) is 59.7 Å². The predicted octanol–water partition coefficient (Wildman–Crippen LogP) is 0.401. The summed E-state index contributed by atoms with van der Waals surface area (Å²) in [6, 6.07) is 17.7. The van der Waals surface area contributed by atoms with Crippen LogP contribution in [-0.2, 0) is 0 Å². The zero-order chi connectivity index (χ0) is 15.1. The van der Waals surface area contributed by atoms with Gasteiger partial charge in [-0.2, -0.15) is 0 Å². The average molecular weight is 302 g/mol. The van der Waals surface area contributed by atoms with E-state index in [0.717, 1.165) is 0 Å². The predicted molar refractivity (Wildman–Crippen MR) is 97.1 cm³/mol. The standard InChI is InChI=1S/C22H22.2Li.2H/c1-15-13-17-7-3-5-9-21(17)19(15)11-12-20-16(2)14-18-8-4-6-10-22(18)20;;;;/h3-10,13-14,19-20H,11-12H2,1-2H3;;;;/q;2*+1;2*-1. The first-order valence-corrected chi connectivity index (χ1v) is 8.28. The largest absolute Gasteiger partial charge is 1.00 e. The summed E-state index contributed by atoms with van der Waals surface area (Å²) in [5.41, 5.74) is 8.93. The SMILES string of the molecule is CC1=Cc2ccccc2C1CCC1C(C)=Cc2ccccc21.[H-].[H-].[Li+].[Li+]. The maximum absolute atomic E-state index is 2.37. The van der Waals surface area contributed by atoms with Crippen molar-refractivity contribution in [3.63, 3.8) is 0 Å². The van der Waals surface area contributed by atoms with Gasteiger partial charge in [0.1, 0.15) is 0 Å². The van der Waals surface area contributed by atoms with Gasteiger partial charge >= 0.3 is 37.7 Å². The van der Waals surface area contributed by atoms with Crippen LogP contribution >= 0.6 is 0 Å². The van der Waals surface area contributed by atoms with Gasteiger partial charge in [-0.05, 0) is 48.9 Å². The molecule has 0 N–H and O–H groups in total. The number of allylic oxidation sites excluding steroid dienone is 2. The molecule has 0 radical (unpaired) electrons. The molecule has 0 saturated heterocycles. The van der Waals surface area contributed by atoms with Gasteiger partial charge in [-0.15, -0.1) is 0 Å². The number of fused-ring (bicyclic) bond motifs is 2. The Kier molecular flexibility index (Phi) is 6.48. The van der Waals surface area contributed by atoms with E-state index < -0.39 is 0 Å². The third-order valence-corrected chi connectivity index (χ3v) is 5.35. The fourth-order valence-corrected chi connectivity index (χ4v) is 4.20. The smallest absolute Gasteiger partial charge is 1.00 e. The quantitative estimate of drug-likeness (QED) is 0.720. The Morgan fingerprint density at radius 2 is 1.04 bits per heavy atom. The van der Waals surface area contributed by atoms with Crippen LogP contribution in [0.3, 0.4) is 0 Å². The van der Waals surface area contributed by atoms with Gasteiger partial charge in [-0.25, -0.2) is 0 Å². The zero-order valence-corrected chi connectivity index (χ0v) is 15.3. The van der Waals surface area contributed by atoms with Gasteiger partial charge in [0.2, 0.25) is 0 Å². The Hall–Kier alpha value is -0.885. The van der Waals surface area contributed by atoms with Gasteiger partial charge < -0.3 is 2.85 Å². The maximum Gasteiger partial charge on any atom is 1.00 e. The molecule has 2 aromatic rings. The number of benzene rings is 2. The fraction of sp³-hybridized carbons (Fsp3) is 0.273. The number of hydrogen-bond donors (Lipinski definition) is 0. The Balaban J connectivity index is 0.00000156. The molecule has 2 unspecified atom stereocenters. The third kappa shape index (κ3) is 3.40. The minimum absolute atomic E-state index is 0. The van der Waals surface area contributed by atoms with Gasteiger partial charge in [0.15, 0.2) is 0 Å². The summed E-state index contributed by atoms with van der Waals surface area (Å²) < 4.78 is 0. The van der Waals surface area contributed by atoms with Crippen molar-refractivity contribution in [2.45, 2.75) is 38.5 Å². The topological polar surface area (TPSA) is 0 Å². The van der Waals surface area contributed by atoms with Crippen molar-refractivity contribution in [2.24, 2.45) is 0 Å². The molecular weight excluding hydrogens is 278 g/mol. The molecule has 0 nitrogen and oxygen atoms in total. The van der Waals surface area contributed by atoms with Gasteiger partial charge in [0.25, 0.3) is 0 Å². The van der Waals surface area contributed by atoms with Gasteiger partial charge in [-0.3, -0.25) is 0 Å². The Labute approximate surface area is 172 Å². The molecule has 2 aliphatic rings. The van der Waals surface area contributed by atoms with Crippen LogP contribution in [0.1, 0.15) is 63.6 Å². The van der Waals surface area contributed by atoms with Crippen molar-refractivity contribution in [2.75, 3.05) is 0 Å². The molecule has 2 aromatic carbocycles. The molecular formula is C22H24Li2. The van der Waals surface area contributed by atoms with E-state index in [-0.39, 0.29) is 40.6 Å². The number of rotatable bonds is 3. The van der Waals surface area contributed by atoms with E-state index in [2.05, 4.69) is 74.5 Å². The zero-order valence-electron chi connectivity index (χ0n) is 17.3. The summed E-state index contributed by atoms with van der Waals surface area (Å²) in [5, 5.41) is 0. The minimum atomic E-state index is 0. The van der Waals surface area contributed by atoms with Crippen molar-refractivity contribution in [3.8, 4) is 0 Å². The molecule has 0 spiro atoms. The van der Waals surface area contributed by atoms with Crippen molar-refractivity contribution in [1.29, 1.82) is 0 Å². The minimum Gasteiger partial charge on any atom is -1.00 e. The molecule has 4 rings (SSSR count). The molecule has 0 saturated carbocycles. The Morgan fingerprint density at radius 1 is 0.667 bits per heavy atom. The van der Waals surface area contributed by atoms with Crippen LogP contribution < -0.4 is 37.7 Å². The summed E-state index contributed by atoms with van der Waals surface area (Å²) in [7, 11) is 0. The van der Waals surface area contributed by atoms with E-state index in [4.69, 9.17) is 0 Å². The number of hydrogen-bond acceptors (Lipinski definition) is 0. The van der Waals surface area contributed by atoms with Crippen molar-refractivity contribution < 1.29 is 40.6 Å². The van der Waals surface area contributed by atoms with Crippen LogP contribution in [-0.4, -0.2) is 0 Å². The first kappa shape index (κ1) is 19.4. The summed E-state index contributed by atoms with van der Waals surface area (Å²) in [5.74, 6) is 1.22. The monoisotopic (exact) mass is 302 g/mol. The molecule has 2 atom stereocenters. The van der Waals surface area contributed by atoms with E-state index >= 15 is 0 Å². The third-order valence-electron chi connectivity index (χ3n) is 5.35. The molecule has 0 fully saturated rings. The summed E-state index contributed by atoms with van der Waals surface area (Å²) in [4.78, 5) is 0. The van der Waals surface area contributed by atoms with Gasteiger partial charge in [0.05, 0.1) is 0 Å². The molecule has 0 aromatic heterocycles. The first-order valence-electron chi connectivity index (χ1n) is 8.28. The molecule has 0 bridgehead atoms. The van der Waals surface area contributed by atoms with Crippen LogP contribution in [0.5, 0.6) is 0 Å². The normalized spacial score (nSPS) is 20.2. The first-order chi connectivity index (χ1) is 10.7. The Morgan fingerprint density at radius 3 is 1.46 bits per heavy atom. The average Bonchev–Trinajstić information content (AvgIpc) is 3.01. The summed E-state index contributed by atoms with van der Waals surface area (Å²) in [6.45, 7) is 4.58. The molecule has 0 heterocycles. The molecule has 2 heteroatoms. The summed E-state index contributed by atoms with van der Waals surface area (Å²) >= 11 is 0. The van der Waals surface area contributed by atoms with E-state index in [0.29, 0.717) is 11.8 Å². The molecule has 0 amide bonds. The van der Waals surface area contributed by atoms with Crippen LogP contribution in [0, 0.1) is 0 Å². The second kappa shape index (κ2) is 8.00. The maximum atomic E-state index is 2.37. The summed E-state index contributed by atoms with van der Waals surface area (Å²) in [6.07, 6.45) is 7.21. The van der Waals surface area contributed by atoms with E-state index in [1.165, 1.54) is 46.2 Å². The molecule has 24 heavy (non-hydrogen) atoms.